The SMILES string of the molecule is CC(C)n1c(-c2ccc(N)cc2Cl)nc2ccc(F)cc21. The number of halogens is 2. The second-order valence-corrected chi connectivity index (χ2v) is 5.68. The van der Waals surface area contributed by atoms with Gasteiger partial charge in [-0.25, -0.2) is 9.37 Å². The van der Waals surface area contributed by atoms with Crippen LogP contribution in [0.2, 0.25) is 5.02 Å². The molecule has 21 heavy (non-hydrogen) atoms. The van der Waals surface area contributed by atoms with Crippen LogP contribution in [0.4, 0.5) is 10.1 Å². The Bertz CT molecular complexity index is 824. The predicted molar refractivity (Wildman–Crippen MR) is 84.9 cm³/mol. The minimum atomic E-state index is -0.278. The molecule has 0 bridgehead atoms. The molecule has 108 valence electrons. The van der Waals surface area contributed by atoms with Crippen molar-refractivity contribution in [1.82, 2.24) is 9.55 Å². The van der Waals surface area contributed by atoms with E-state index in [1.54, 1.807) is 18.2 Å². The summed E-state index contributed by atoms with van der Waals surface area (Å²) >= 11 is 6.29. The fourth-order valence-electron chi connectivity index (χ4n) is 2.49. The molecule has 1 aromatic heterocycles. The lowest BCUT2D eigenvalue weighted by Gasteiger charge is -2.14. The van der Waals surface area contributed by atoms with E-state index in [-0.39, 0.29) is 11.9 Å². The van der Waals surface area contributed by atoms with Crippen LogP contribution in [-0.2, 0) is 0 Å². The van der Waals surface area contributed by atoms with Gasteiger partial charge in [0.2, 0.25) is 0 Å². The van der Waals surface area contributed by atoms with Gasteiger partial charge < -0.3 is 10.3 Å². The first-order chi connectivity index (χ1) is 9.97. The Morgan fingerprint density at radius 3 is 2.62 bits per heavy atom. The largest absolute Gasteiger partial charge is 0.399 e. The normalized spacial score (nSPS) is 11.5. The van der Waals surface area contributed by atoms with E-state index in [2.05, 4.69) is 4.98 Å². The standard InChI is InChI=1S/C16H15ClFN3/c1-9(2)21-15-7-10(18)3-6-14(15)20-16(21)12-5-4-11(19)8-13(12)17/h3-9H,19H2,1-2H3. The van der Waals surface area contributed by atoms with Crippen molar-refractivity contribution in [2.24, 2.45) is 0 Å². The van der Waals surface area contributed by atoms with Crippen molar-refractivity contribution >= 4 is 28.3 Å². The Hall–Kier alpha value is -2.07. The molecule has 0 spiro atoms. The zero-order valence-corrected chi connectivity index (χ0v) is 12.5. The highest BCUT2D eigenvalue weighted by molar-refractivity contribution is 6.33. The first kappa shape index (κ1) is 13.9. The Kier molecular flexibility index (Phi) is 3.33. The second-order valence-electron chi connectivity index (χ2n) is 5.27. The van der Waals surface area contributed by atoms with E-state index >= 15 is 0 Å². The van der Waals surface area contributed by atoms with Crippen molar-refractivity contribution < 1.29 is 4.39 Å². The van der Waals surface area contributed by atoms with Crippen LogP contribution < -0.4 is 5.73 Å². The maximum absolute atomic E-state index is 13.5. The van der Waals surface area contributed by atoms with Gasteiger partial charge in [0, 0.05) is 17.3 Å². The van der Waals surface area contributed by atoms with Crippen LogP contribution in [0.25, 0.3) is 22.4 Å². The summed E-state index contributed by atoms with van der Waals surface area (Å²) in [5.41, 5.74) is 8.63. The van der Waals surface area contributed by atoms with Gasteiger partial charge >= 0.3 is 0 Å². The molecule has 0 aliphatic heterocycles. The molecule has 3 rings (SSSR count). The van der Waals surface area contributed by atoms with E-state index in [0.717, 1.165) is 22.4 Å². The van der Waals surface area contributed by atoms with Gasteiger partial charge in [0.25, 0.3) is 0 Å². The number of nitrogens with two attached hydrogens (primary N) is 1. The molecule has 0 radical (unpaired) electrons. The quantitative estimate of drug-likeness (QED) is 0.700. The highest BCUT2D eigenvalue weighted by atomic mass is 35.5. The average molecular weight is 304 g/mol. The molecule has 0 saturated heterocycles. The van der Waals surface area contributed by atoms with Crippen LogP contribution in [0, 0.1) is 5.82 Å². The van der Waals surface area contributed by atoms with Crippen LogP contribution in [-0.4, -0.2) is 9.55 Å². The Morgan fingerprint density at radius 1 is 1.19 bits per heavy atom. The van der Waals surface area contributed by atoms with E-state index in [9.17, 15) is 4.39 Å². The topological polar surface area (TPSA) is 43.8 Å². The third-order valence-corrected chi connectivity index (χ3v) is 3.71. The van der Waals surface area contributed by atoms with Gasteiger partial charge in [-0.05, 0) is 50.2 Å². The van der Waals surface area contributed by atoms with Gasteiger partial charge in [-0.15, -0.1) is 0 Å². The lowest BCUT2D eigenvalue weighted by atomic mass is 10.2. The number of fused-ring (bicyclic) bond motifs is 1. The van der Waals surface area contributed by atoms with Crippen molar-refractivity contribution in [3.05, 3.63) is 47.2 Å². The zero-order valence-electron chi connectivity index (χ0n) is 11.8. The summed E-state index contributed by atoms with van der Waals surface area (Å²) in [6.45, 7) is 4.06. The number of benzene rings is 2. The number of rotatable bonds is 2. The first-order valence-electron chi connectivity index (χ1n) is 6.70. The highest BCUT2D eigenvalue weighted by Gasteiger charge is 2.17. The minimum Gasteiger partial charge on any atom is -0.399 e. The summed E-state index contributed by atoms with van der Waals surface area (Å²) < 4.78 is 15.5. The van der Waals surface area contributed by atoms with E-state index in [4.69, 9.17) is 17.3 Å². The summed E-state index contributed by atoms with van der Waals surface area (Å²) in [5, 5.41) is 0.535. The minimum absolute atomic E-state index is 0.125. The predicted octanol–water partition coefficient (Wildman–Crippen LogP) is 4.66. The van der Waals surface area contributed by atoms with Gasteiger partial charge in [-0.3, -0.25) is 0 Å². The summed E-state index contributed by atoms with van der Waals surface area (Å²) in [6, 6.07) is 10.0. The number of imidazole rings is 1. The van der Waals surface area contributed by atoms with Crippen LogP contribution in [0.5, 0.6) is 0 Å². The summed E-state index contributed by atoms with van der Waals surface area (Å²) in [5.74, 6) is 0.440. The number of anilines is 1. The second kappa shape index (κ2) is 5.04. The first-order valence-corrected chi connectivity index (χ1v) is 7.08. The number of hydrogen-bond acceptors (Lipinski definition) is 2. The molecule has 0 aliphatic carbocycles. The van der Waals surface area contributed by atoms with E-state index in [1.807, 2.05) is 24.5 Å². The van der Waals surface area contributed by atoms with Gasteiger partial charge in [0.05, 0.1) is 16.1 Å². The average Bonchev–Trinajstić information content (AvgIpc) is 2.76. The third kappa shape index (κ3) is 2.36. The summed E-state index contributed by atoms with van der Waals surface area (Å²) in [7, 11) is 0. The number of hydrogen-bond donors (Lipinski definition) is 1. The monoisotopic (exact) mass is 303 g/mol. The van der Waals surface area contributed by atoms with Crippen molar-refractivity contribution in [3.63, 3.8) is 0 Å². The smallest absolute Gasteiger partial charge is 0.142 e. The van der Waals surface area contributed by atoms with Gasteiger partial charge in [-0.2, -0.15) is 0 Å². The molecule has 1 heterocycles. The molecule has 0 aliphatic rings. The lowest BCUT2D eigenvalue weighted by Crippen LogP contribution is -2.03. The van der Waals surface area contributed by atoms with Crippen molar-refractivity contribution in [3.8, 4) is 11.4 Å². The van der Waals surface area contributed by atoms with E-state index < -0.39 is 0 Å². The molecule has 0 unspecified atom stereocenters. The molecule has 3 aromatic rings. The molecular formula is C16H15ClFN3. The maximum Gasteiger partial charge on any atom is 0.142 e. The van der Waals surface area contributed by atoms with E-state index in [1.165, 1.54) is 12.1 Å². The molecule has 2 N–H and O–H groups in total. The van der Waals surface area contributed by atoms with Crippen LogP contribution in [0.1, 0.15) is 19.9 Å². The third-order valence-electron chi connectivity index (χ3n) is 3.40. The molecule has 3 nitrogen and oxygen atoms in total. The molecular weight excluding hydrogens is 289 g/mol. The van der Waals surface area contributed by atoms with Gasteiger partial charge in [-0.1, -0.05) is 11.6 Å². The number of nitrogen functional groups attached to an aromatic ring is 1. The Balaban J connectivity index is 2.34. The fourth-order valence-corrected chi connectivity index (χ4v) is 2.77. The van der Waals surface area contributed by atoms with Crippen molar-refractivity contribution in [2.75, 3.05) is 5.73 Å². The molecule has 0 atom stereocenters. The van der Waals surface area contributed by atoms with Crippen molar-refractivity contribution in [2.45, 2.75) is 19.9 Å². The van der Waals surface area contributed by atoms with Crippen LogP contribution in [0.15, 0.2) is 36.4 Å². The number of nitrogens with zero attached hydrogens (tertiary/aromatic N) is 2. The lowest BCUT2D eigenvalue weighted by molar-refractivity contribution is 0.613. The zero-order chi connectivity index (χ0) is 15.1. The molecule has 0 saturated carbocycles. The maximum atomic E-state index is 13.5. The molecule has 0 amide bonds. The molecule has 5 heteroatoms. The van der Waals surface area contributed by atoms with Gasteiger partial charge in [0.15, 0.2) is 0 Å². The Morgan fingerprint density at radius 2 is 1.95 bits per heavy atom. The summed E-state index contributed by atoms with van der Waals surface area (Å²) in [4.78, 5) is 4.61. The fraction of sp³-hybridized carbons (Fsp3) is 0.188. The Labute approximate surface area is 127 Å². The number of aromatic nitrogens is 2. The molecule has 2 aromatic carbocycles. The summed E-state index contributed by atoms with van der Waals surface area (Å²) in [6.07, 6.45) is 0. The highest BCUT2D eigenvalue weighted by Crippen LogP contribution is 2.33. The van der Waals surface area contributed by atoms with E-state index in [0.29, 0.717) is 10.7 Å². The van der Waals surface area contributed by atoms with Gasteiger partial charge in [0.1, 0.15) is 11.6 Å². The van der Waals surface area contributed by atoms with Crippen molar-refractivity contribution in [1.29, 1.82) is 0 Å². The van der Waals surface area contributed by atoms with Crippen LogP contribution >= 0.6 is 11.6 Å². The molecule has 0 fully saturated rings. The van der Waals surface area contributed by atoms with Crippen LogP contribution in [0.3, 0.4) is 0 Å².